The molecule has 23 heavy (non-hydrogen) atoms. The Morgan fingerprint density at radius 1 is 1.22 bits per heavy atom. The van der Waals surface area contributed by atoms with E-state index in [0.29, 0.717) is 23.7 Å². The minimum atomic E-state index is 0.112. The minimum Gasteiger partial charge on any atom is -0.368 e. The normalized spacial score (nSPS) is 14.7. The van der Waals surface area contributed by atoms with Crippen molar-refractivity contribution in [3.8, 4) is 6.07 Å². The van der Waals surface area contributed by atoms with Gasteiger partial charge in [0.15, 0.2) is 0 Å². The largest absolute Gasteiger partial charge is 0.368 e. The molecule has 118 valence electrons. The van der Waals surface area contributed by atoms with Gasteiger partial charge in [-0.15, -0.1) is 11.3 Å². The molecule has 0 N–H and O–H groups in total. The predicted octanol–water partition coefficient (Wildman–Crippen LogP) is 3.54. The van der Waals surface area contributed by atoms with E-state index in [4.69, 9.17) is 16.9 Å². The number of nitriles is 1. The van der Waals surface area contributed by atoms with E-state index in [1.807, 2.05) is 36.1 Å². The molecule has 0 atom stereocenters. The molecule has 6 heteroatoms. The molecule has 0 radical (unpaired) electrons. The zero-order chi connectivity index (χ0) is 16.4. The van der Waals surface area contributed by atoms with Gasteiger partial charge in [0.25, 0.3) is 5.91 Å². The van der Waals surface area contributed by atoms with Crippen molar-refractivity contribution in [3.63, 3.8) is 0 Å². The van der Waals surface area contributed by atoms with Crippen LogP contribution in [0.5, 0.6) is 0 Å². The summed E-state index contributed by atoms with van der Waals surface area (Å²) >= 11 is 7.64. The molecular formula is C17H16ClN3OS. The molecule has 2 aromatic rings. The van der Waals surface area contributed by atoms with Gasteiger partial charge in [0, 0.05) is 36.7 Å². The topological polar surface area (TPSA) is 47.3 Å². The van der Waals surface area contributed by atoms with E-state index in [-0.39, 0.29) is 5.91 Å². The molecule has 0 unspecified atom stereocenters. The fraction of sp³-hybridized carbons (Fsp3) is 0.294. The highest BCUT2D eigenvalue weighted by Gasteiger charge is 2.23. The first-order valence-electron chi connectivity index (χ1n) is 7.39. The Balaban J connectivity index is 1.65. The number of amides is 1. The number of thiophene rings is 1. The highest BCUT2D eigenvalue weighted by molar-refractivity contribution is 7.13. The summed E-state index contributed by atoms with van der Waals surface area (Å²) in [5.41, 5.74) is 1.48. The van der Waals surface area contributed by atoms with Crippen LogP contribution in [0.3, 0.4) is 0 Å². The molecule has 0 bridgehead atoms. The first kappa shape index (κ1) is 15.9. The van der Waals surface area contributed by atoms with Crippen LogP contribution >= 0.6 is 22.9 Å². The predicted molar refractivity (Wildman–Crippen MR) is 93.3 cm³/mol. The Morgan fingerprint density at radius 2 is 1.96 bits per heavy atom. The van der Waals surface area contributed by atoms with Crippen LogP contribution in [0.4, 0.5) is 5.69 Å². The lowest BCUT2D eigenvalue weighted by molar-refractivity contribution is 0.0751. The Labute approximate surface area is 144 Å². The first-order valence-corrected chi connectivity index (χ1v) is 8.58. The van der Waals surface area contributed by atoms with Crippen molar-refractivity contribution in [3.05, 3.63) is 50.7 Å². The van der Waals surface area contributed by atoms with E-state index < -0.39 is 0 Å². The van der Waals surface area contributed by atoms with Gasteiger partial charge in [0.1, 0.15) is 6.07 Å². The van der Waals surface area contributed by atoms with Crippen molar-refractivity contribution in [2.45, 2.75) is 6.92 Å². The Kier molecular flexibility index (Phi) is 4.56. The van der Waals surface area contributed by atoms with Crippen LogP contribution in [0.2, 0.25) is 5.02 Å². The van der Waals surface area contributed by atoms with Crippen LogP contribution < -0.4 is 4.90 Å². The number of carbonyl (C=O) groups is 1. The van der Waals surface area contributed by atoms with Gasteiger partial charge in [-0.2, -0.15) is 5.26 Å². The van der Waals surface area contributed by atoms with Crippen LogP contribution in [-0.4, -0.2) is 37.0 Å². The standard InChI is InChI=1S/C17H16ClN3OS/c1-12-2-5-16(23-12)17(22)21-8-6-20(7-9-21)14-4-3-13(11-19)15(18)10-14/h2-5,10H,6-9H2,1H3. The van der Waals surface area contributed by atoms with Crippen LogP contribution in [0.25, 0.3) is 0 Å². The van der Waals surface area contributed by atoms with E-state index in [2.05, 4.69) is 11.0 Å². The number of nitrogens with zero attached hydrogens (tertiary/aromatic N) is 3. The molecule has 0 saturated carbocycles. The van der Waals surface area contributed by atoms with Gasteiger partial charge in [-0.1, -0.05) is 11.6 Å². The third-order valence-corrected chi connectivity index (χ3v) is 5.26. The number of piperazine rings is 1. The van der Waals surface area contributed by atoms with Gasteiger partial charge in [0.05, 0.1) is 15.5 Å². The molecule has 2 heterocycles. The summed E-state index contributed by atoms with van der Waals surface area (Å²) < 4.78 is 0. The average Bonchev–Trinajstić information content (AvgIpc) is 3.01. The maximum atomic E-state index is 12.5. The molecule has 3 rings (SSSR count). The van der Waals surface area contributed by atoms with E-state index in [9.17, 15) is 4.79 Å². The van der Waals surface area contributed by atoms with Gasteiger partial charge >= 0.3 is 0 Å². The Morgan fingerprint density at radius 3 is 2.52 bits per heavy atom. The number of rotatable bonds is 2. The lowest BCUT2D eigenvalue weighted by Gasteiger charge is -2.36. The molecule has 1 amide bonds. The average molecular weight is 346 g/mol. The second-order valence-corrected chi connectivity index (χ2v) is 7.16. The monoisotopic (exact) mass is 345 g/mol. The first-order chi connectivity index (χ1) is 11.1. The van der Waals surface area contributed by atoms with E-state index in [1.54, 1.807) is 6.07 Å². The lowest BCUT2D eigenvalue weighted by Crippen LogP contribution is -2.48. The SMILES string of the molecule is Cc1ccc(C(=O)N2CCN(c3ccc(C#N)c(Cl)c3)CC2)s1. The second-order valence-electron chi connectivity index (χ2n) is 5.47. The van der Waals surface area contributed by atoms with E-state index >= 15 is 0 Å². The Bertz CT molecular complexity index is 772. The van der Waals surface area contributed by atoms with Gasteiger partial charge in [0.2, 0.25) is 0 Å². The maximum absolute atomic E-state index is 12.5. The minimum absolute atomic E-state index is 0.112. The summed E-state index contributed by atoms with van der Waals surface area (Å²) in [5.74, 6) is 0.112. The molecule has 1 saturated heterocycles. The smallest absolute Gasteiger partial charge is 0.264 e. The number of anilines is 1. The summed E-state index contributed by atoms with van der Waals surface area (Å²) in [4.78, 5) is 18.5. The molecule has 4 nitrogen and oxygen atoms in total. The number of hydrogen-bond donors (Lipinski definition) is 0. The molecule has 1 fully saturated rings. The third kappa shape index (κ3) is 3.34. The molecule has 1 aliphatic heterocycles. The van der Waals surface area contributed by atoms with E-state index in [1.165, 1.54) is 11.3 Å². The molecule has 0 aliphatic carbocycles. The van der Waals surface area contributed by atoms with Crippen molar-refractivity contribution in [2.24, 2.45) is 0 Å². The summed E-state index contributed by atoms with van der Waals surface area (Å²) in [5, 5.41) is 9.40. The summed E-state index contributed by atoms with van der Waals surface area (Å²) in [6.07, 6.45) is 0. The summed E-state index contributed by atoms with van der Waals surface area (Å²) in [6, 6.07) is 11.4. The van der Waals surface area contributed by atoms with Crippen LogP contribution in [0, 0.1) is 18.3 Å². The quantitative estimate of drug-likeness (QED) is 0.836. The fourth-order valence-corrected chi connectivity index (χ4v) is 3.72. The van der Waals surface area contributed by atoms with Crippen molar-refractivity contribution in [2.75, 3.05) is 31.1 Å². The molecule has 1 aliphatic rings. The Hall–Kier alpha value is -2.03. The third-order valence-electron chi connectivity index (χ3n) is 3.96. The molecule has 1 aromatic carbocycles. The number of halogens is 1. The van der Waals surface area contributed by atoms with Crippen molar-refractivity contribution >= 4 is 34.5 Å². The zero-order valence-corrected chi connectivity index (χ0v) is 14.3. The van der Waals surface area contributed by atoms with Crippen molar-refractivity contribution in [1.29, 1.82) is 5.26 Å². The van der Waals surface area contributed by atoms with Crippen molar-refractivity contribution < 1.29 is 4.79 Å². The number of benzene rings is 1. The zero-order valence-electron chi connectivity index (χ0n) is 12.8. The van der Waals surface area contributed by atoms with E-state index in [0.717, 1.165) is 28.5 Å². The summed E-state index contributed by atoms with van der Waals surface area (Å²) in [6.45, 7) is 4.91. The summed E-state index contributed by atoms with van der Waals surface area (Å²) in [7, 11) is 0. The van der Waals surface area contributed by atoms with Gasteiger partial charge in [-0.3, -0.25) is 4.79 Å². The van der Waals surface area contributed by atoms with Crippen molar-refractivity contribution in [1.82, 2.24) is 4.90 Å². The van der Waals surface area contributed by atoms with Gasteiger partial charge in [-0.25, -0.2) is 0 Å². The number of aryl methyl sites for hydroxylation is 1. The highest BCUT2D eigenvalue weighted by Crippen LogP contribution is 2.25. The second kappa shape index (κ2) is 6.61. The van der Waals surface area contributed by atoms with Crippen LogP contribution in [-0.2, 0) is 0 Å². The fourth-order valence-electron chi connectivity index (χ4n) is 2.66. The number of hydrogen-bond acceptors (Lipinski definition) is 4. The molecule has 1 aromatic heterocycles. The maximum Gasteiger partial charge on any atom is 0.264 e. The highest BCUT2D eigenvalue weighted by atomic mass is 35.5. The molecular weight excluding hydrogens is 330 g/mol. The van der Waals surface area contributed by atoms with Crippen LogP contribution in [0.1, 0.15) is 20.1 Å². The van der Waals surface area contributed by atoms with Crippen LogP contribution in [0.15, 0.2) is 30.3 Å². The van der Waals surface area contributed by atoms with Gasteiger partial charge in [-0.05, 0) is 37.3 Å². The van der Waals surface area contributed by atoms with Gasteiger partial charge < -0.3 is 9.80 Å². The number of carbonyl (C=O) groups excluding carboxylic acids is 1. The molecule has 0 spiro atoms. The lowest BCUT2D eigenvalue weighted by atomic mass is 10.2.